The fourth-order valence-corrected chi connectivity index (χ4v) is 3.22. The smallest absolute Gasteiger partial charge is 0.135 e. The summed E-state index contributed by atoms with van der Waals surface area (Å²) >= 11 is 0. The van der Waals surface area contributed by atoms with Crippen molar-refractivity contribution in [2.45, 2.75) is 52.7 Å². The van der Waals surface area contributed by atoms with Crippen LogP contribution in [0.5, 0.6) is 0 Å². The molecular formula is C19H33N5. The predicted octanol–water partition coefficient (Wildman–Crippen LogP) is 2.37. The molecule has 1 aromatic heterocycles. The standard InChI is InChI=1S/C19H33N5/c1-7-14(2)19(22-13-20-5)24-10-15(3)17(12-24)11-23(6)18-8-16(4)21-9-18/h7,10,12,16,18,20-21H,8-9,11,13H2,1-6H3/b14-7-,22-19+. The topological polar surface area (TPSA) is 44.6 Å². The van der Waals surface area contributed by atoms with Gasteiger partial charge >= 0.3 is 0 Å². The molecule has 1 fully saturated rings. The van der Waals surface area contributed by atoms with Crippen LogP contribution in [0, 0.1) is 6.92 Å². The normalized spacial score (nSPS) is 22.6. The number of likely N-dealkylation sites (N-methyl/N-ethyl adjacent to an activating group) is 1. The van der Waals surface area contributed by atoms with Crippen molar-refractivity contribution in [3.63, 3.8) is 0 Å². The van der Waals surface area contributed by atoms with Crippen LogP contribution in [-0.4, -0.2) is 54.7 Å². The highest BCUT2D eigenvalue weighted by Crippen LogP contribution is 2.18. The molecule has 134 valence electrons. The Hall–Kier alpha value is -1.43. The molecule has 5 nitrogen and oxygen atoms in total. The molecule has 0 amide bonds. The largest absolute Gasteiger partial charge is 0.313 e. The third-order valence-electron chi connectivity index (χ3n) is 4.92. The predicted molar refractivity (Wildman–Crippen MR) is 103 cm³/mol. The molecule has 2 N–H and O–H groups in total. The molecule has 1 aromatic rings. The minimum Gasteiger partial charge on any atom is -0.313 e. The van der Waals surface area contributed by atoms with E-state index in [1.807, 2.05) is 7.05 Å². The molecule has 0 bridgehead atoms. The van der Waals surface area contributed by atoms with Crippen molar-refractivity contribution in [1.82, 2.24) is 20.1 Å². The van der Waals surface area contributed by atoms with Crippen LogP contribution in [0.15, 0.2) is 29.0 Å². The van der Waals surface area contributed by atoms with E-state index in [1.165, 1.54) is 23.1 Å². The van der Waals surface area contributed by atoms with E-state index >= 15 is 0 Å². The summed E-state index contributed by atoms with van der Waals surface area (Å²) < 4.78 is 2.17. The molecule has 1 aliphatic rings. The average Bonchev–Trinajstić information content (AvgIpc) is 3.14. The number of nitrogens with zero attached hydrogens (tertiary/aromatic N) is 3. The van der Waals surface area contributed by atoms with Gasteiger partial charge in [0.15, 0.2) is 0 Å². The van der Waals surface area contributed by atoms with Crippen molar-refractivity contribution in [3.8, 4) is 0 Å². The number of hydrogen-bond acceptors (Lipinski definition) is 4. The zero-order chi connectivity index (χ0) is 17.7. The van der Waals surface area contributed by atoms with Gasteiger partial charge in [-0.2, -0.15) is 0 Å². The zero-order valence-corrected chi connectivity index (χ0v) is 16.1. The molecule has 0 saturated carbocycles. The van der Waals surface area contributed by atoms with Gasteiger partial charge in [0.25, 0.3) is 0 Å². The second-order valence-corrected chi connectivity index (χ2v) is 6.95. The molecule has 24 heavy (non-hydrogen) atoms. The maximum Gasteiger partial charge on any atom is 0.135 e. The van der Waals surface area contributed by atoms with Crippen LogP contribution < -0.4 is 10.6 Å². The van der Waals surface area contributed by atoms with Gasteiger partial charge < -0.3 is 15.2 Å². The lowest BCUT2D eigenvalue weighted by Crippen LogP contribution is -2.32. The Morgan fingerprint density at radius 3 is 2.83 bits per heavy atom. The lowest BCUT2D eigenvalue weighted by molar-refractivity contribution is 0.246. The Labute approximate surface area is 146 Å². The van der Waals surface area contributed by atoms with E-state index in [1.54, 1.807) is 0 Å². The summed E-state index contributed by atoms with van der Waals surface area (Å²) in [5.74, 6) is 1.01. The van der Waals surface area contributed by atoms with Crippen LogP contribution in [0.1, 0.15) is 38.3 Å². The van der Waals surface area contributed by atoms with Crippen LogP contribution in [-0.2, 0) is 6.54 Å². The van der Waals surface area contributed by atoms with Crippen LogP contribution in [0.2, 0.25) is 0 Å². The van der Waals surface area contributed by atoms with Gasteiger partial charge in [0, 0.05) is 37.6 Å². The molecule has 1 saturated heterocycles. The van der Waals surface area contributed by atoms with Gasteiger partial charge in [-0.15, -0.1) is 0 Å². The Bertz CT molecular complexity index is 599. The Morgan fingerprint density at radius 2 is 2.25 bits per heavy atom. The van der Waals surface area contributed by atoms with Gasteiger partial charge in [0.2, 0.25) is 0 Å². The van der Waals surface area contributed by atoms with Crippen molar-refractivity contribution in [3.05, 3.63) is 35.2 Å². The Balaban J connectivity index is 2.16. The van der Waals surface area contributed by atoms with Crippen molar-refractivity contribution in [2.24, 2.45) is 4.99 Å². The Morgan fingerprint density at radius 1 is 1.50 bits per heavy atom. The number of nitrogens with one attached hydrogen (secondary N) is 2. The van der Waals surface area contributed by atoms with E-state index in [2.05, 4.69) is 78.3 Å². The van der Waals surface area contributed by atoms with Crippen LogP contribution in [0.25, 0.3) is 0 Å². The van der Waals surface area contributed by atoms with E-state index in [9.17, 15) is 0 Å². The molecule has 0 aliphatic carbocycles. The quantitative estimate of drug-likeness (QED) is 0.621. The SMILES string of the molecule is C/C=C(C)\C(=N/CNC)n1cc(C)c(CN(C)C2CNC(C)C2)c1. The van der Waals surface area contributed by atoms with Crippen LogP contribution in [0.4, 0.5) is 0 Å². The van der Waals surface area contributed by atoms with Gasteiger partial charge in [-0.1, -0.05) is 6.08 Å². The van der Waals surface area contributed by atoms with Gasteiger partial charge in [0.05, 0.1) is 6.67 Å². The lowest BCUT2D eigenvalue weighted by atomic mass is 10.1. The summed E-state index contributed by atoms with van der Waals surface area (Å²) in [6.07, 6.45) is 7.77. The number of allylic oxidation sites excluding steroid dienone is 2. The maximum absolute atomic E-state index is 4.68. The molecular weight excluding hydrogens is 298 g/mol. The number of aryl methyl sites for hydroxylation is 1. The second kappa shape index (κ2) is 8.60. The van der Waals surface area contributed by atoms with Gasteiger partial charge in [0.1, 0.15) is 5.84 Å². The molecule has 2 unspecified atom stereocenters. The second-order valence-electron chi connectivity index (χ2n) is 6.95. The van der Waals surface area contributed by atoms with E-state index in [-0.39, 0.29) is 0 Å². The number of hydrogen-bond donors (Lipinski definition) is 2. The lowest BCUT2D eigenvalue weighted by Gasteiger charge is -2.23. The van der Waals surface area contributed by atoms with Crippen LogP contribution in [0.3, 0.4) is 0 Å². The first-order valence-electron chi connectivity index (χ1n) is 8.90. The maximum atomic E-state index is 4.68. The summed E-state index contributed by atoms with van der Waals surface area (Å²) in [5, 5.41) is 6.64. The third-order valence-corrected chi connectivity index (χ3v) is 4.92. The van der Waals surface area contributed by atoms with Crippen molar-refractivity contribution in [2.75, 3.05) is 27.3 Å². The fraction of sp³-hybridized carbons (Fsp3) is 0.632. The van der Waals surface area contributed by atoms with Gasteiger partial charge in [-0.05, 0) is 64.9 Å². The number of aromatic nitrogens is 1. The van der Waals surface area contributed by atoms with Crippen LogP contribution >= 0.6 is 0 Å². The minimum atomic E-state index is 0.623. The molecule has 0 aromatic carbocycles. The first-order valence-corrected chi connectivity index (χ1v) is 8.90. The average molecular weight is 332 g/mol. The summed E-state index contributed by atoms with van der Waals surface area (Å²) in [6, 6.07) is 1.25. The highest BCUT2D eigenvalue weighted by atomic mass is 15.2. The fourth-order valence-electron chi connectivity index (χ4n) is 3.22. The van der Waals surface area contributed by atoms with Gasteiger partial charge in [-0.3, -0.25) is 9.89 Å². The van der Waals surface area contributed by atoms with E-state index in [0.29, 0.717) is 18.8 Å². The van der Waals surface area contributed by atoms with E-state index < -0.39 is 0 Å². The molecule has 2 heterocycles. The Kier molecular flexibility index (Phi) is 6.78. The first kappa shape index (κ1) is 18.9. The van der Waals surface area contributed by atoms with Gasteiger partial charge in [-0.25, -0.2) is 0 Å². The van der Waals surface area contributed by atoms with Crippen molar-refractivity contribution in [1.29, 1.82) is 0 Å². The third kappa shape index (κ3) is 4.56. The summed E-state index contributed by atoms with van der Waals surface area (Å²) in [5.41, 5.74) is 3.88. The molecule has 5 heteroatoms. The number of aliphatic imine (C=N–C) groups is 1. The van der Waals surface area contributed by atoms with E-state index in [4.69, 9.17) is 0 Å². The van der Waals surface area contributed by atoms with Crippen molar-refractivity contribution >= 4 is 5.84 Å². The van der Waals surface area contributed by atoms with E-state index in [0.717, 1.165) is 18.9 Å². The molecule has 2 rings (SSSR count). The molecule has 1 aliphatic heterocycles. The zero-order valence-electron chi connectivity index (χ0n) is 16.1. The molecule has 0 radical (unpaired) electrons. The summed E-state index contributed by atoms with van der Waals surface area (Å²) in [7, 11) is 4.15. The highest BCUT2D eigenvalue weighted by Gasteiger charge is 2.24. The summed E-state index contributed by atoms with van der Waals surface area (Å²) in [6.45, 7) is 11.3. The molecule has 0 spiro atoms. The minimum absolute atomic E-state index is 0.623. The monoisotopic (exact) mass is 331 g/mol. The first-order chi connectivity index (χ1) is 11.5. The highest BCUT2D eigenvalue weighted by molar-refractivity contribution is 5.99. The molecule has 2 atom stereocenters. The number of rotatable bonds is 6. The van der Waals surface area contributed by atoms with Crippen molar-refractivity contribution < 1.29 is 0 Å². The summed E-state index contributed by atoms with van der Waals surface area (Å²) in [4.78, 5) is 7.15.